The highest BCUT2D eigenvalue weighted by molar-refractivity contribution is 5.52. The molecule has 78 valence electrons. The molecule has 0 atom stereocenters. The standard InChI is InChI=1S/C11H17NO2/c1-11(2,3)14-10-7-8(12)5-6-9(10)13-4/h5-7H,12H2,1-4H3. The van der Waals surface area contributed by atoms with Crippen molar-refractivity contribution in [2.45, 2.75) is 26.4 Å². The Labute approximate surface area is 84.8 Å². The third-order valence-corrected chi connectivity index (χ3v) is 1.60. The summed E-state index contributed by atoms with van der Waals surface area (Å²) in [5.41, 5.74) is 6.09. The smallest absolute Gasteiger partial charge is 0.164 e. The lowest BCUT2D eigenvalue weighted by Gasteiger charge is -2.22. The van der Waals surface area contributed by atoms with Crippen LogP contribution in [0.1, 0.15) is 20.8 Å². The lowest BCUT2D eigenvalue weighted by molar-refractivity contribution is 0.125. The van der Waals surface area contributed by atoms with Gasteiger partial charge in [-0.2, -0.15) is 0 Å². The zero-order valence-electron chi connectivity index (χ0n) is 9.13. The lowest BCUT2D eigenvalue weighted by Crippen LogP contribution is -2.23. The maximum Gasteiger partial charge on any atom is 0.164 e. The van der Waals surface area contributed by atoms with E-state index in [-0.39, 0.29) is 5.60 Å². The molecular formula is C11H17NO2. The van der Waals surface area contributed by atoms with Crippen molar-refractivity contribution in [1.82, 2.24) is 0 Å². The van der Waals surface area contributed by atoms with Gasteiger partial charge >= 0.3 is 0 Å². The number of methoxy groups -OCH3 is 1. The highest BCUT2D eigenvalue weighted by Crippen LogP contribution is 2.31. The molecule has 0 aromatic heterocycles. The van der Waals surface area contributed by atoms with Gasteiger partial charge in [-0.05, 0) is 32.9 Å². The van der Waals surface area contributed by atoms with E-state index in [1.807, 2.05) is 20.8 Å². The third-order valence-electron chi connectivity index (χ3n) is 1.60. The molecule has 0 saturated carbocycles. The van der Waals surface area contributed by atoms with E-state index < -0.39 is 0 Å². The van der Waals surface area contributed by atoms with Gasteiger partial charge in [0.15, 0.2) is 11.5 Å². The topological polar surface area (TPSA) is 44.5 Å². The van der Waals surface area contributed by atoms with Gasteiger partial charge in [-0.1, -0.05) is 0 Å². The fourth-order valence-corrected chi connectivity index (χ4v) is 1.10. The predicted octanol–water partition coefficient (Wildman–Crippen LogP) is 2.45. The molecule has 1 rings (SSSR count). The van der Waals surface area contributed by atoms with Crippen LogP contribution in [-0.4, -0.2) is 12.7 Å². The van der Waals surface area contributed by atoms with E-state index in [1.54, 1.807) is 25.3 Å². The second kappa shape index (κ2) is 3.78. The zero-order valence-corrected chi connectivity index (χ0v) is 9.13. The Balaban J connectivity index is 2.99. The van der Waals surface area contributed by atoms with Crippen LogP contribution in [0.4, 0.5) is 5.69 Å². The highest BCUT2D eigenvalue weighted by Gasteiger charge is 2.15. The van der Waals surface area contributed by atoms with Gasteiger partial charge in [0.25, 0.3) is 0 Å². The van der Waals surface area contributed by atoms with Gasteiger partial charge in [-0.25, -0.2) is 0 Å². The van der Waals surface area contributed by atoms with Gasteiger partial charge in [-0.15, -0.1) is 0 Å². The summed E-state index contributed by atoms with van der Waals surface area (Å²) in [6.07, 6.45) is 0. The number of ether oxygens (including phenoxy) is 2. The van der Waals surface area contributed by atoms with Gasteiger partial charge in [0.1, 0.15) is 5.60 Å². The molecule has 14 heavy (non-hydrogen) atoms. The Hall–Kier alpha value is -1.38. The molecule has 2 N–H and O–H groups in total. The summed E-state index contributed by atoms with van der Waals surface area (Å²) in [6.45, 7) is 5.95. The zero-order chi connectivity index (χ0) is 10.8. The summed E-state index contributed by atoms with van der Waals surface area (Å²) in [7, 11) is 1.61. The van der Waals surface area contributed by atoms with Crippen LogP contribution in [0.25, 0.3) is 0 Å². The van der Waals surface area contributed by atoms with Crippen molar-refractivity contribution in [3.05, 3.63) is 18.2 Å². The van der Waals surface area contributed by atoms with Crippen LogP contribution in [0.3, 0.4) is 0 Å². The van der Waals surface area contributed by atoms with E-state index in [1.165, 1.54) is 0 Å². The minimum Gasteiger partial charge on any atom is -0.493 e. The van der Waals surface area contributed by atoms with Gasteiger partial charge in [0.05, 0.1) is 7.11 Å². The first kappa shape index (κ1) is 10.7. The van der Waals surface area contributed by atoms with Crippen molar-refractivity contribution in [1.29, 1.82) is 0 Å². The third kappa shape index (κ3) is 2.83. The molecule has 0 fully saturated rings. The molecule has 0 aliphatic rings. The summed E-state index contributed by atoms with van der Waals surface area (Å²) in [5.74, 6) is 1.38. The Morgan fingerprint density at radius 3 is 2.29 bits per heavy atom. The average Bonchev–Trinajstić information content (AvgIpc) is 2.01. The minimum absolute atomic E-state index is 0.249. The molecule has 0 radical (unpaired) electrons. The fourth-order valence-electron chi connectivity index (χ4n) is 1.10. The SMILES string of the molecule is COc1ccc(N)cc1OC(C)(C)C. The number of rotatable bonds is 2. The Bertz CT molecular complexity index is 316. The summed E-state index contributed by atoms with van der Waals surface area (Å²) >= 11 is 0. The summed E-state index contributed by atoms with van der Waals surface area (Å²) < 4.78 is 10.9. The molecule has 0 aliphatic heterocycles. The lowest BCUT2D eigenvalue weighted by atomic mass is 10.2. The summed E-state index contributed by atoms with van der Waals surface area (Å²) in [5, 5.41) is 0. The molecule has 3 heteroatoms. The number of nitrogen functional groups attached to an aromatic ring is 1. The highest BCUT2D eigenvalue weighted by atomic mass is 16.5. The summed E-state index contributed by atoms with van der Waals surface area (Å²) in [6, 6.07) is 5.36. The number of anilines is 1. The molecular weight excluding hydrogens is 178 g/mol. The van der Waals surface area contributed by atoms with E-state index in [2.05, 4.69) is 0 Å². The number of hydrogen-bond acceptors (Lipinski definition) is 3. The van der Waals surface area contributed by atoms with Crippen molar-refractivity contribution < 1.29 is 9.47 Å². The van der Waals surface area contributed by atoms with Crippen LogP contribution < -0.4 is 15.2 Å². The normalized spacial score (nSPS) is 11.1. The Morgan fingerprint density at radius 1 is 1.14 bits per heavy atom. The second-order valence-electron chi connectivity index (χ2n) is 4.12. The second-order valence-corrected chi connectivity index (χ2v) is 4.12. The Morgan fingerprint density at radius 2 is 1.79 bits per heavy atom. The predicted molar refractivity (Wildman–Crippen MR) is 57.8 cm³/mol. The maximum atomic E-state index is 5.70. The monoisotopic (exact) mass is 195 g/mol. The minimum atomic E-state index is -0.249. The van der Waals surface area contributed by atoms with Gasteiger partial charge in [0.2, 0.25) is 0 Å². The quantitative estimate of drug-likeness (QED) is 0.737. The van der Waals surface area contributed by atoms with Crippen LogP contribution in [0, 0.1) is 0 Å². The summed E-state index contributed by atoms with van der Waals surface area (Å²) in [4.78, 5) is 0. The van der Waals surface area contributed by atoms with E-state index in [0.29, 0.717) is 17.2 Å². The molecule has 1 aromatic rings. The fraction of sp³-hybridized carbons (Fsp3) is 0.455. The van der Waals surface area contributed by atoms with Crippen LogP contribution in [0.5, 0.6) is 11.5 Å². The first-order valence-corrected chi connectivity index (χ1v) is 4.55. The van der Waals surface area contributed by atoms with E-state index in [4.69, 9.17) is 15.2 Å². The molecule has 0 aliphatic carbocycles. The number of hydrogen-bond donors (Lipinski definition) is 1. The molecule has 0 saturated heterocycles. The maximum absolute atomic E-state index is 5.70. The molecule has 0 spiro atoms. The molecule has 0 amide bonds. The van der Waals surface area contributed by atoms with Crippen LogP contribution in [0.15, 0.2) is 18.2 Å². The van der Waals surface area contributed by atoms with Crippen molar-refractivity contribution in [2.24, 2.45) is 0 Å². The van der Waals surface area contributed by atoms with E-state index in [9.17, 15) is 0 Å². The first-order chi connectivity index (χ1) is 6.42. The molecule has 1 aromatic carbocycles. The van der Waals surface area contributed by atoms with E-state index >= 15 is 0 Å². The largest absolute Gasteiger partial charge is 0.493 e. The number of nitrogens with two attached hydrogens (primary N) is 1. The first-order valence-electron chi connectivity index (χ1n) is 4.55. The van der Waals surface area contributed by atoms with Gasteiger partial charge in [0, 0.05) is 11.8 Å². The van der Waals surface area contributed by atoms with Crippen molar-refractivity contribution in [2.75, 3.05) is 12.8 Å². The van der Waals surface area contributed by atoms with Gasteiger partial charge < -0.3 is 15.2 Å². The van der Waals surface area contributed by atoms with E-state index in [0.717, 1.165) is 0 Å². The molecule has 0 heterocycles. The molecule has 0 bridgehead atoms. The van der Waals surface area contributed by atoms with Crippen molar-refractivity contribution in [3.8, 4) is 11.5 Å². The van der Waals surface area contributed by atoms with Crippen molar-refractivity contribution in [3.63, 3.8) is 0 Å². The van der Waals surface area contributed by atoms with Crippen LogP contribution >= 0.6 is 0 Å². The van der Waals surface area contributed by atoms with Crippen LogP contribution in [-0.2, 0) is 0 Å². The Kier molecular flexibility index (Phi) is 2.89. The van der Waals surface area contributed by atoms with Gasteiger partial charge in [-0.3, -0.25) is 0 Å². The number of benzene rings is 1. The van der Waals surface area contributed by atoms with Crippen molar-refractivity contribution >= 4 is 5.69 Å². The average molecular weight is 195 g/mol. The van der Waals surface area contributed by atoms with Crippen LogP contribution in [0.2, 0.25) is 0 Å². The molecule has 0 unspecified atom stereocenters. The molecule has 3 nitrogen and oxygen atoms in total.